The zero-order valence-corrected chi connectivity index (χ0v) is 12.9. The van der Waals surface area contributed by atoms with E-state index in [-0.39, 0.29) is 5.76 Å². The first-order valence-corrected chi connectivity index (χ1v) is 7.63. The number of anilines is 1. The molecule has 4 rings (SSSR count). The van der Waals surface area contributed by atoms with Crippen molar-refractivity contribution in [3.05, 3.63) is 41.2 Å². The van der Waals surface area contributed by atoms with Crippen molar-refractivity contribution in [3.63, 3.8) is 0 Å². The van der Waals surface area contributed by atoms with Crippen molar-refractivity contribution in [2.45, 2.75) is 19.3 Å². The van der Waals surface area contributed by atoms with Crippen LogP contribution in [-0.4, -0.2) is 40.1 Å². The van der Waals surface area contributed by atoms with Crippen LogP contribution in [0.15, 0.2) is 22.7 Å². The molecule has 1 saturated carbocycles. The van der Waals surface area contributed by atoms with Gasteiger partial charge in [0.25, 0.3) is 5.92 Å². The summed E-state index contributed by atoms with van der Waals surface area (Å²) in [5.41, 5.74) is 1.60. The first kappa shape index (κ1) is 15.0. The summed E-state index contributed by atoms with van der Waals surface area (Å²) in [7, 11) is 0. The molecule has 0 radical (unpaired) electrons. The van der Waals surface area contributed by atoms with E-state index in [0.29, 0.717) is 31.2 Å². The molecule has 24 heavy (non-hydrogen) atoms. The van der Waals surface area contributed by atoms with E-state index in [9.17, 15) is 13.6 Å². The van der Waals surface area contributed by atoms with Gasteiger partial charge in [-0.3, -0.25) is 0 Å². The van der Waals surface area contributed by atoms with Crippen molar-refractivity contribution in [2.75, 3.05) is 18.0 Å². The molecule has 8 heteroatoms. The minimum absolute atomic E-state index is 0.204. The molecule has 0 amide bonds. The number of fused-ring (bicyclic) bond motifs is 1. The van der Waals surface area contributed by atoms with Crippen LogP contribution in [0.4, 0.5) is 14.6 Å². The van der Waals surface area contributed by atoms with Gasteiger partial charge in [0.15, 0.2) is 5.89 Å². The van der Waals surface area contributed by atoms with Crippen LogP contribution < -0.4 is 4.90 Å². The van der Waals surface area contributed by atoms with Crippen LogP contribution in [0.1, 0.15) is 27.7 Å². The van der Waals surface area contributed by atoms with E-state index in [1.165, 1.54) is 6.20 Å². The number of nitrogens with zero attached hydrogens (tertiary/aromatic N) is 3. The Kier molecular flexibility index (Phi) is 3.13. The van der Waals surface area contributed by atoms with Crippen LogP contribution in [0.2, 0.25) is 0 Å². The van der Waals surface area contributed by atoms with Gasteiger partial charge in [-0.1, -0.05) is 6.07 Å². The van der Waals surface area contributed by atoms with E-state index in [1.807, 2.05) is 17.9 Å². The van der Waals surface area contributed by atoms with Crippen molar-refractivity contribution in [1.29, 1.82) is 0 Å². The number of aryl methyl sites for hydroxylation is 1. The van der Waals surface area contributed by atoms with Crippen LogP contribution in [-0.2, 0) is 6.42 Å². The van der Waals surface area contributed by atoms with E-state index in [1.54, 1.807) is 6.07 Å². The zero-order valence-electron chi connectivity index (χ0n) is 12.9. The highest BCUT2D eigenvalue weighted by molar-refractivity contribution is 5.83. The van der Waals surface area contributed by atoms with Crippen molar-refractivity contribution in [1.82, 2.24) is 9.97 Å². The number of oxazole rings is 1. The van der Waals surface area contributed by atoms with Gasteiger partial charge in [-0.2, -0.15) is 0 Å². The van der Waals surface area contributed by atoms with E-state index < -0.39 is 23.7 Å². The third-order valence-corrected chi connectivity index (χ3v) is 4.81. The van der Waals surface area contributed by atoms with Crippen LogP contribution in [0, 0.1) is 18.8 Å². The van der Waals surface area contributed by atoms with Gasteiger partial charge < -0.3 is 14.4 Å². The number of carboxylic acid groups (broad SMARTS) is 1. The highest BCUT2D eigenvalue weighted by Crippen LogP contribution is 2.59. The molecule has 2 unspecified atom stereocenters. The lowest BCUT2D eigenvalue weighted by atomic mass is 10.1. The van der Waals surface area contributed by atoms with Crippen molar-refractivity contribution in [3.8, 4) is 0 Å². The monoisotopic (exact) mass is 335 g/mol. The number of aromatic carboxylic acids is 1. The lowest BCUT2D eigenvalue weighted by Gasteiger charge is -2.21. The fraction of sp³-hybridized carbons (Fsp3) is 0.438. The smallest absolute Gasteiger partial charge is 0.373 e. The Labute approximate surface area is 136 Å². The number of hydrogen-bond acceptors (Lipinski definition) is 5. The van der Waals surface area contributed by atoms with Crippen molar-refractivity contribution < 1.29 is 23.1 Å². The van der Waals surface area contributed by atoms with Gasteiger partial charge in [-0.05, 0) is 18.6 Å². The number of aromatic nitrogens is 2. The second-order valence-corrected chi connectivity index (χ2v) is 6.31. The molecule has 2 aromatic rings. The number of carboxylic acids is 1. The molecule has 2 aromatic heterocycles. The van der Waals surface area contributed by atoms with Crippen LogP contribution in [0.3, 0.4) is 0 Å². The molecule has 3 heterocycles. The molecule has 6 nitrogen and oxygen atoms in total. The highest BCUT2D eigenvalue weighted by Gasteiger charge is 2.71. The van der Waals surface area contributed by atoms with Crippen LogP contribution >= 0.6 is 0 Å². The Bertz CT molecular complexity index is 807. The summed E-state index contributed by atoms with van der Waals surface area (Å²) in [6, 6.07) is 3.65. The molecule has 2 aliphatic rings. The Morgan fingerprint density at radius 2 is 2.12 bits per heavy atom. The Morgan fingerprint density at radius 3 is 2.71 bits per heavy atom. The molecule has 126 valence electrons. The SMILES string of the molecule is Cc1nc(N2CC3C(C2)C3(F)F)ccc1Cc1ncc(C(=O)O)o1. The molecule has 1 aliphatic carbocycles. The first-order chi connectivity index (χ1) is 11.4. The predicted octanol–water partition coefficient (Wildman–Crippen LogP) is 2.37. The van der Waals surface area contributed by atoms with Gasteiger partial charge in [0.2, 0.25) is 5.76 Å². The normalized spacial score (nSPS) is 24.0. The lowest BCUT2D eigenvalue weighted by Crippen LogP contribution is -2.28. The molecule has 0 bridgehead atoms. The molecule has 0 spiro atoms. The summed E-state index contributed by atoms with van der Waals surface area (Å²) in [5.74, 6) is -3.96. The van der Waals surface area contributed by atoms with Crippen molar-refractivity contribution in [2.24, 2.45) is 11.8 Å². The summed E-state index contributed by atoms with van der Waals surface area (Å²) < 4.78 is 31.7. The van der Waals surface area contributed by atoms with Gasteiger partial charge in [0.05, 0.1) is 24.5 Å². The maximum atomic E-state index is 13.3. The third kappa shape index (κ3) is 2.33. The van der Waals surface area contributed by atoms with Crippen molar-refractivity contribution >= 4 is 11.8 Å². The minimum atomic E-state index is -2.50. The summed E-state index contributed by atoms with van der Waals surface area (Å²) in [4.78, 5) is 21.1. The molecular formula is C16H15F2N3O3. The van der Waals surface area contributed by atoms with E-state index in [4.69, 9.17) is 9.52 Å². The second-order valence-electron chi connectivity index (χ2n) is 6.31. The number of carbonyl (C=O) groups is 1. The maximum absolute atomic E-state index is 13.3. The quantitative estimate of drug-likeness (QED) is 0.924. The number of rotatable bonds is 4. The largest absolute Gasteiger partial charge is 0.475 e. The Hall–Kier alpha value is -2.51. The van der Waals surface area contributed by atoms with E-state index in [0.717, 1.165) is 11.3 Å². The third-order valence-electron chi connectivity index (χ3n) is 4.81. The Morgan fingerprint density at radius 1 is 1.42 bits per heavy atom. The topological polar surface area (TPSA) is 79.5 Å². The summed E-state index contributed by atoms with van der Waals surface area (Å²) in [6.45, 7) is 2.50. The second kappa shape index (κ2) is 4.99. The highest BCUT2D eigenvalue weighted by atomic mass is 19.3. The molecular weight excluding hydrogens is 320 g/mol. The van der Waals surface area contributed by atoms with E-state index >= 15 is 0 Å². The molecule has 1 aliphatic heterocycles. The Balaban J connectivity index is 1.47. The molecule has 1 saturated heterocycles. The lowest BCUT2D eigenvalue weighted by molar-refractivity contribution is 0.0660. The van der Waals surface area contributed by atoms with E-state index in [2.05, 4.69) is 9.97 Å². The van der Waals surface area contributed by atoms with Gasteiger partial charge in [0, 0.05) is 18.8 Å². The fourth-order valence-electron chi connectivity index (χ4n) is 3.29. The van der Waals surface area contributed by atoms with Crippen LogP contribution in [0.5, 0.6) is 0 Å². The number of piperidine rings is 1. The molecule has 1 N–H and O–H groups in total. The van der Waals surface area contributed by atoms with Gasteiger partial charge in [-0.25, -0.2) is 23.5 Å². The number of pyridine rings is 1. The number of hydrogen-bond donors (Lipinski definition) is 1. The first-order valence-electron chi connectivity index (χ1n) is 7.63. The number of halogens is 2. The number of alkyl halides is 2. The zero-order chi connectivity index (χ0) is 17.1. The van der Waals surface area contributed by atoms with Crippen LogP contribution in [0.25, 0.3) is 0 Å². The average Bonchev–Trinajstić information content (AvgIpc) is 3.00. The predicted molar refractivity (Wildman–Crippen MR) is 79.4 cm³/mol. The average molecular weight is 335 g/mol. The minimum Gasteiger partial charge on any atom is -0.475 e. The standard InChI is InChI=1S/C16H15F2N3O3/c1-8-9(4-14-19-5-12(24-14)15(22)23)2-3-13(20-8)21-6-10-11(7-21)16(10,17)18/h2-3,5,10-11H,4,6-7H2,1H3,(H,22,23). The van der Waals surface area contributed by atoms with Gasteiger partial charge >= 0.3 is 5.97 Å². The molecule has 2 atom stereocenters. The summed E-state index contributed by atoms with van der Waals surface area (Å²) in [6.07, 6.45) is 1.50. The van der Waals surface area contributed by atoms with Gasteiger partial charge in [0.1, 0.15) is 5.82 Å². The summed E-state index contributed by atoms with van der Waals surface area (Å²) >= 11 is 0. The molecule has 0 aromatic carbocycles. The fourth-order valence-corrected chi connectivity index (χ4v) is 3.29. The maximum Gasteiger partial charge on any atom is 0.373 e. The summed E-state index contributed by atoms with van der Waals surface area (Å²) in [5, 5.41) is 8.83. The molecule has 2 fully saturated rings. The van der Waals surface area contributed by atoms with Gasteiger partial charge in [-0.15, -0.1) is 0 Å².